The van der Waals surface area contributed by atoms with Gasteiger partial charge in [-0.1, -0.05) is 54.6 Å². The Morgan fingerprint density at radius 2 is 1.17 bits per heavy atom. The average Bonchev–Trinajstić information content (AvgIpc) is 3.33. The van der Waals surface area contributed by atoms with Gasteiger partial charge in [-0.2, -0.15) is 0 Å². The molecule has 208 valence electrons. The van der Waals surface area contributed by atoms with Gasteiger partial charge in [0.25, 0.3) is 5.56 Å². The fourth-order valence-corrected chi connectivity index (χ4v) is 4.31. The highest BCUT2D eigenvalue weighted by molar-refractivity contribution is 5.91. The van der Waals surface area contributed by atoms with Crippen molar-refractivity contribution in [1.29, 1.82) is 0 Å². The van der Waals surface area contributed by atoms with E-state index in [2.05, 4.69) is 4.98 Å². The molecule has 1 fully saturated rings. The van der Waals surface area contributed by atoms with E-state index >= 15 is 0 Å². The Labute approximate surface area is 232 Å². The van der Waals surface area contributed by atoms with Crippen molar-refractivity contribution in [1.82, 2.24) is 9.55 Å². The van der Waals surface area contributed by atoms with Gasteiger partial charge in [0.05, 0.1) is 16.7 Å². The van der Waals surface area contributed by atoms with Gasteiger partial charge in [0.1, 0.15) is 12.7 Å². The fourth-order valence-electron chi connectivity index (χ4n) is 4.31. The molecule has 0 bridgehead atoms. The number of esters is 3. The number of rotatable bonds is 8. The summed E-state index contributed by atoms with van der Waals surface area (Å²) in [5.41, 5.74) is -0.804. The van der Waals surface area contributed by atoms with E-state index in [4.69, 9.17) is 18.9 Å². The van der Waals surface area contributed by atoms with Crippen LogP contribution in [-0.2, 0) is 18.9 Å². The smallest absolute Gasteiger partial charge is 0.338 e. The molecule has 0 radical (unpaired) electrons. The maximum atomic E-state index is 13.1. The van der Waals surface area contributed by atoms with Crippen LogP contribution in [0.2, 0.25) is 0 Å². The number of nitrogens with one attached hydrogen (secondary N) is 1. The van der Waals surface area contributed by atoms with Gasteiger partial charge in [0.15, 0.2) is 18.4 Å². The highest BCUT2D eigenvalue weighted by Gasteiger charge is 2.51. The molecule has 2 heterocycles. The number of carbonyl (C=O) groups excluding carboxylic acids is 3. The molecule has 1 aliphatic heterocycles. The Hall–Kier alpha value is -5.29. The summed E-state index contributed by atoms with van der Waals surface area (Å²) in [7, 11) is 0. The van der Waals surface area contributed by atoms with Crippen LogP contribution in [0.3, 0.4) is 0 Å². The number of benzene rings is 3. The first-order valence-electron chi connectivity index (χ1n) is 12.6. The molecule has 41 heavy (non-hydrogen) atoms. The van der Waals surface area contributed by atoms with E-state index in [9.17, 15) is 24.0 Å². The number of hydrogen-bond donors (Lipinski definition) is 1. The maximum Gasteiger partial charge on any atom is 0.338 e. The standard InChI is InChI=1S/C30H24N2O9/c33-23-16-17-32(30(37)31-23)26-25(41-29(36)21-14-8-3-9-15-21)24(40-28(35)20-12-6-2-7-13-20)22(39-26)18-38-27(34)19-10-4-1-5-11-19/h1-17,22,24-26H,18H2,(H,31,33,37)/t22-,24?,25?,26-/m1/s1. The minimum Gasteiger partial charge on any atom is -0.459 e. The molecule has 1 aliphatic rings. The number of ether oxygens (including phenoxy) is 4. The van der Waals surface area contributed by atoms with Crippen molar-refractivity contribution in [3.8, 4) is 0 Å². The van der Waals surface area contributed by atoms with Gasteiger partial charge in [-0.15, -0.1) is 0 Å². The molecule has 0 saturated carbocycles. The molecule has 4 aromatic rings. The van der Waals surface area contributed by atoms with E-state index in [0.717, 1.165) is 10.6 Å². The van der Waals surface area contributed by atoms with E-state index in [-0.39, 0.29) is 16.7 Å². The van der Waals surface area contributed by atoms with Crippen LogP contribution >= 0.6 is 0 Å². The molecule has 0 aliphatic carbocycles. The van der Waals surface area contributed by atoms with Crippen LogP contribution < -0.4 is 11.2 Å². The topological polar surface area (TPSA) is 143 Å². The summed E-state index contributed by atoms with van der Waals surface area (Å²) in [6.07, 6.45) is -4.03. The minimum atomic E-state index is -1.38. The van der Waals surface area contributed by atoms with Crippen LogP contribution in [0.15, 0.2) is 113 Å². The molecule has 0 spiro atoms. The molecule has 1 N–H and O–H groups in total. The Morgan fingerprint density at radius 1 is 0.683 bits per heavy atom. The lowest BCUT2D eigenvalue weighted by Crippen LogP contribution is -2.43. The van der Waals surface area contributed by atoms with Gasteiger partial charge in [0, 0.05) is 12.3 Å². The second-order valence-corrected chi connectivity index (χ2v) is 9.02. The zero-order chi connectivity index (χ0) is 28.8. The van der Waals surface area contributed by atoms with E-state index in [0.29, 0.717) is 0 Å². The third-order valence-electron chi connectivity index (χ3n) is 6.30. The first-order chi connectivity index (χ1) is 19.9. The van der Waals surface area contributed by atoms with Crippen LogP contribution in [0.5, 0.6) is 0 Å². The van der Waals surface area contributed by atoms with Gasteiger partial charge in [-0.05, 0) is 36.4 Å². The summed E-state index contributed by atoms with van der Waals surface area (Å²) in [6, 6.07) is 25.5. The Kier molecular flexibility index (Phi) is 8.16. The summed E-state index contributed by atoms with van der Waals surface area (Å²) >= 11 is 0. The first kappa shape index (κ1) is 27.3. The normalized spacial score (nSPS) is 19.7. The average molecular weight is 557 g/mol. The predicted octanol–water partition coefficient (Wildman–Crippen LogP) is 2.74. The predicted molar refractivity (Wildman–Crippen MR) is 143 cm³/mol. The number of H-pyrrole nitrogens is 1. The fraction of sp³-hybridized carbons (Fsp3) is 0.167. The van der Waals surface area contributed by atoms with E-state index in [1.807, 2.05) is 0 Å². The van der Waals surface area contributed by atoms with Crippen molar-refractivity contribution in [2.45, 2.75) is 24.5 Å². The molecular formula is C30H24N2O9. The number of carbonyl (C=O) groups is 3. The lowest BCUT2D eigenvalue weighted by atomic mass is 10.1. The second kappa shape index (κ2) is 12.3. The molecule has 0 amide bonds. The highest BCUT2D eigenvalue weighted by atomic mass is 16.7. The summed E-state index contributed by atoms with van der Waals surface area (Å²) in [5.74, 6) is -2.19. The molecule has 5 rings (SSSR count). The Morgan fingerprint density at radius 3 is 1.68 bits per heavy atom. The summed E-state index contributed by atoms with van der Waals surface area (Å²) in [6.45, 7) is -0.408. The SMILES string of the molecule is O=C(OC[C@H]1O[C@@H](n2ccc(=O)[nH]c2=O)C(OC(=O)c2ccccc2)C1OC(=O)c1ccccc1)c1ccccc1. The molecule has 1 aromatic heterocycles. The van der Waals surface area contributed by atoms with Crippen molar-refractivity contribution in [2.24, 2.45) is 0 Å². The summed E-state index contributed by atoms with van der Waals surface area (Å²) < 4.78 is 24.1. The molecular weight excluding hydrogens is 532 g/mol. The van der Waals surface area contributed by atoms with Gasteiger partial charge in [-0.3, -0.25) is 14.3 Å². The molecule has 2 unspecified atom stereocenters. The summed E-state index contributed by atoms with van der Waals surface area (Å²) in [5, 5.41) is 0. The Balaban J connectivity index is 1.50. The molecule has 1 saturated heterocycles. The van der Waals surface area contributed by atoms with E-state index in [1.54, 1.807) is 66.7 Å². The van der Waals surface area contributed by atoms with Gasteiger partial charge < -0.3 is 18.9 Å². The minimum absolute atomic E-state index is 0.201. The van der Waals surface area contributed by atoms with Gasteiger partial charge in [0.2, 0.25) is 0 Å². The van der Waals surface area contributed by atoms with Crippen molar-refractivity contribution >= 4 is 17.9 Å². The zero-order valence-corrected chi connectivity index (χ0v) is 21.5. The van der Waals surface area contributed by atoms with Crippen LogP contribution in [0.1, 0.15) is 37.3 Å². The first-order valence-corrected chi connectivity index (χ1v) is 12.6. The largest absolute Gasteiger partial charge is 0.459 e. The number of nitrogens with zero attached hydrogens (tertiary/aromatic N) is 1. The number of aromatic nitrogens is 2. The van der Waals surface area contributed by atoms with Crippen LogP contribution in [-0.4, -0.2) is 52.4 Å². The zero-order valence-electron chi connectivity index (χ0n) is 21.5. The van der Waals surface area contributed by atoms with Gasteiger partial charge in [-0.25, -0.2) is 19.2 Å². The molecule has 3 aromatic carbocycles. The lowest BCUT2D eigenvalue weighted by Gasteiger charge is -2.25. The second-order valence-electron chi connectivity index (χ2n) is 9.02. The van der Waals surface area contributed by atoms with Crippen molar-refractivity contribution in [2.75, 3.05) is 6.61 Å². The van der Waals surface area contributed by atoms with E-state index < -0.39 is 60.3 Å². The van der Waals surface area contributed by atoms with Crippen LogP contribution in [0, 0.1) is 0 Å². The maximum absolute atomic E-state index is 13.1. The summed E-state index contributed by atoms with van der Waals surface area (Å²) in [4.78, 5) is 65.5. The van der Waals surface area contributed by atoms with Crippen molar-refractivity contribution in [3.63, 3.8) is 0 Å². The highest BCUT2D eigenvalue weighted by Crippen LogP contribution is 2.34. The quantitative estimate of drug-likeness (QED) is 0.256. The molecule has 11 nitrogen and oxygen atoms in total. The van der Waals surface area contributed by atoms with Crippen LogP contribution in [0.4, 0.5) is 0 Å². The van der Waals surface area contributed by atoms with Crippen molar-refractivity contribution in [3.05, 3.63) is 141 Å². The van der Waals surface area contributed by atoms with Crippen molar-refractivity contribution < 1.29 is 33.3 Å². The van der Waals surface area contributed by atoms with Crippen LogP contribution in [0.25, 0.3) is 0 Å². The monoisotopic (exact) mass is 556 g/mol. The molecule has 4 atom stereocenters. The van der Waals surface area contributed by atoms with E-state index in [1.165, 1.54) is 30.5 Å². The number of hydrogen-bond acceptors (Lipinski definition) is 9. The van der Waals surface area contributed by atoms with Gasteiger partial charge >= 0.3 is 23.6 Å². The lowest BCUT2D eigenvalue weighted by molar-refractivity contribution is -0.0640. The Bertz CT molecular complexity index is 1640. The third kappa shape index (κ3) is 6.31. The third-order valence-corrected chi connectivity index (χ3v) is 6.30. The number of aromatic amines is 1. The molecule has 11 heteroatoms.